The zero-order chi connectivity index (χ0) is 17.9. The summed E-state index contributed by atoms with van der Waals surface area (Å²) in [5.41, 5.74) is -0.857. The number of carboxylic acids is 1. The molecular formula is C15H17N3O6. The van der Waals surface area contributed by atoms with Crippen LogP contribution in [0, 0.1) is 16.0 Å². The van der Waals surface area contributed by atoms with E-state index in [1.54, 1.807) is 0 Å². The fraction of sp³-hybridized carbons (Fsp3) is 0.400. The predicted molar refractivity (Wildman–Crippen MR) is 82.7 cm³/mol. The van der Waals surface area contributed by atoms with Gasteiger partial charge in [-0.1, -0.05) is 0 Å². The van der Waals surface area contributed by atoms with E-state index in [1.807, 2.05) is 0 Å². The average molecular weight is 335 g/mol. The molecule has 1 aliphatic rings. The Balaban J connectivity index is 2.30. The van der Waals surface area contributed by atoms with Crippen LogP contribution in [0.5, 0.6) is 0 Å². The Morgan fingerprint density at radius 2 is 1.96 bits per heavy atom. The van der Waals surface area contributed by atoms with Crippen molar-refractivity contribution in [1.82, 2.24) is 10.2 Å². The first-order chi connectivity index (χ1) is 11.3. The number of amides is 2. The number of rotatable bonds is 4. The molecule has 1 heterocycles. The highest BCUT2D eigenvalue weighted by molar-refractivity contribution is 5.98. The zero-order valence-electron chi connectivity index (χ0n) is 13.0. The zero-order valence-corrected chi connectivity index (χ0v) is 13.0. The minimum absolute atomic E-state index is 0.0702. The van der Waals surface area contributed by atoms with E-state index in [0.717, 1.165) is 18.2 Å². The summed E-state index contributed by atoms with van der Waals surface area (Å²) < 4.78 is 0. The predicted octanol–water partition coefficient (Wildman–Crippen LogP) is 0.891. The van der Waals surface area contributed by atoms with E-state index < -0.39 is 22.5 Å². The number of likely N-dealkylation sites (tertiary alicyclic amines) is 1. The number of non-ortho nitro benzene ring substituents is 1. The summed E-state index contributed by atoms with van der Waals surface area (Å²) in [5.74, 6) is -2.38. The van der Waals surface area contributed by atoms with Gasteiger partial charge in [-0.05, 0) is 18.9 Å². The van der Waals surface area contributed by atoms with Crippen molar-refractivity contribution >= 4 is 23.5 Å². The quantitative estimate of drug-likeness (QED) is 0.621. The summed E-state index contributed by atoms with van der Waals surface area (Å²) in [4.78, 5) is 47.1. The van der Waals surface area contributed by atoms with Crippen molar-refractivity contribution in [1.29, 1.82) is 0 Å². The van der Waals surface area contributed by atoms with Crippen molar-refractivity contribution in [2.24, 2.45) is 5.92 Å². The number of nitro groups is 1. The largest absolute Gasteiger partial charge is 0.478 e. The van der Waals surface area contributed by atoms with Crippen LogP contribution in [0.15, 0.2) is 18.2 Å². The summed E-state index contributed by atoms with van der Waals surface area (Å²) >= 11 is 0. The van der Waals surface area contributed by atoms with Crippen molar-refractivity contribution in [3.05, 3.63) is 39.4 Å². The second kappa shape index (κ2) is 7.07. The molecule has 0 aliphatic carbocycles. The molecule has 1 fully saturated rings. The normalized spacial score (nSPS) is 17.2. The smallest absolute Gasteiger partial charge is 0.335 e. The molecule has 128 valence electrons. The van der Waals surface area contributed by atoms with Gasteiger partial charge in [0.25, 0.3) is 11.6 Å². The number of carbonyl (C=O) groups is 3. The molecule has 9 heteroatoms. The van der Waals surface area contributed by atoms with E-state index in [4.69, 9.17) is 5.11 Å². The molecule has 1 atom stereocenters. The lowest BCUT2D eigenvalue weighted by atomic mass is 9.96. The van der Waals surface area contributed by atoms with Gasteiger partial charge >= 0.3 is 5.97 Å². The second-order valence-electron chi connectivity index (χ2n) is 5.54. The molecular weight excluding hydrogens is 318 g/mol. The fourth-order valence-electron chi connectivity index (χ4n) is 2.73. The maximum Gasteiger partial charge on any atom is 0.335 e. The Hall–Kier alpha value is -2.97. The van der Waals surface area contributed by atoms with Crippen LogP contribution in [-0.4, -0.2) is 52.9 Å². The van der Waals surface area contributed by atoms with Crippen LogP contribution >= 0.6 is 0 Å². The number of piperidine rings is 1. The SMILES string of the molecule is CNC(=O)C1CCCN(C(=O)c2cc(C(=O)O)cc([N+](=O)[O-])c2)C1. The maximum absolute atomic E-state index is 12.6. The third kappa shape index (κ3) is 3.67. The highest BCUT2D eigenvalue weighted by Crippen LogP contribution is 2.22. The highest BCUT2D eigenvalue weighted by atomic mass is 16.6. The van der Waals surface area contributed by atoms with Crippen LogP contribution < -0.4 is 5.32 Å². The van der Waals surface area contributed by atoms with E-state index in [9.17, 15) is 24.5 Å². The first-order valence-electron chi connectivity index (χ1n) is 7.37. The number of carboxylic acid groups (broad SMARTS) is 1. The van der Waals surface area contributed by atoms with Gasteiger partial charge in [0.1, 0.15) is 0 Å². The molecule has 0 radical (unpaired) electrons. The third-order valence-corrected chi connectivity index (χ3v) is 3.95. The van der Waals surface area contributed by atoms with Crippen LogP contribution in [-0.2, 0) is 4.79 Å². The molecule has 0 saturated carbocycles. The molecule has 2 N–H and O–H groups in total. The van der Waals surface area contributed by atoms with Crippen LogP contribution in [0.2, 0.25) is 0 Å². The van der Waals surface area contributed by atoms with E-state index in [2.05, 4.69) is 5.32 Å². The maximum atomic E-state index is 12.6. The van der Waals surface area contributed by atoms with Crippen molar-refractivity contribution in [3.63, 3.8) is 0 Å². The van der Waals surface area contributed by atoms with Crippen molar-refractivity contribution in [2.45, 2.75) is 12.8 Å². The number of nitrogens with one attached hydrogen (secondary N) is 1. The van der Waals surface area contributed by atoms with E-state index in [1.165, 1.54) is 11.9 Å². The first kappa shape index (κ1) is 17.4. The van der Waals surface area contributed by atoms with Crippen LogP contribution in [0.4, 0.5) is 5.69 Å². The summed E-state index contributed by atoms with van der Waals surface area (Å²) in [7, 11) is 1.52. The van der Waals surface area contributed by atoms with Gasteiger partial charge < -0.3 is 15.3 Å². The van der Waals surface area contributed by atoms with E-state index >= 15 is 0 Å². The number of nitro benzene ring substituents is 1. The summed E-state index contributed by atoms with van der Waals surface area (Å²) in [5, 5.41) is 22.5. The third-order valence-electron chi connectivity index (χ3n) is 3.95. The second-order valence-corrected chi connectivity index (χ2v) is 5.54. The topological polar surface area (TPSA) is 130 Å². The Labute approximate surface area is 137 Å². The van der Waals surface area contributed by atoms with Crippen LogP contribution in [0.3, 0.4) is 0 Å². The first-order valence-corrected chi connectivity index (χ1v) is 7.37. The van der Waals surface area contributed by atoms with Crippen molar-refractivity contribution in [2.75, 3.05) is 20.1 Å². The molecule has 1 aliphatic heterocycles. The van der Waals surface area contributed by atoms with Crippen LogP contribution in [0.1, 0.15) is 33.6 Å². The molecule has 0 aromatic heterocycles. The monoisotopic (exact) mass is 335 g/mol. The molecule has 1 saturated heterocycles. The standard InChI is InChI=1S/C15H17N3O6/c1-16-13(19)9-3-2-4-17(8-9)14(20)10-5-11(15(21)22)7-12(6-10)18(23)24/h5-7,9H,2-4,8H2,1H3,(H,16,19)(H,21,22). The molecule has 2 amide bonds. The van der Waals surface area contributed by atoms with Gasteiger partial charge in [0.2, 0.25) is 5.91 Å². The Morgan fingerprint density at radius 1 is 1.29 bits per heavy atom. The number of nitrogens with zero attached hydrogens (tertiary/aromatic N) is 2. The van der Waals surface area contributed by atoms with Crippen LogP contribution in [0.25, 0.3) is 0 Å². The average Bonchev–Trinajstić information content (AvgIpc) is 2.59. The molecule has 1 aromatic carbocycles. The van der Waals surface area contributed by atoms with E-state index in [-0.39, 0.29) is 29.5 Å². The van der Waals surface area contributed by atoms with Crippen molar-refractivity contribution in [3.8, 4) is 0 Å². The van der Waals surface area contributed by atoms with Gasteiger partial charge in [0, 0.05) is 37.8 Å². The minimum atomic E-state index is -1.35. The van der Waals surface area contributed by atoms with Crippen molar-refractivity contribution < 1.29 is 24.4 Å². The Morgan fingerprint density at radius 3 is 2.54 bits per heavy atom. The van der Waals surface area contributed by atoms with Gasteiger partial charge in [-0.3, -0.25) is 19.7 Å². The molecule has 24 heavy (non-hydrogen) atoms. The Bertz CT molecular complexity index is 670. The fourth-order valence-corrected chi connectivity index (χ4v) is 2.73. The number of aromatic carboxylic acids is 1. The number of carbonyl (C=O) groups excluding carboxylic acids is 2. The number of hydrogen-bond acceptors (Lipinski definition) is 5. The molecule has 1 unspecified atom stereocenters. The molecule has 2 rings (SSSR count). The molecule has 0 bridgehead atoms. The summed E-state index contributed by atoms with van der Waals surface area (Å²) in [6, 6.07) is 3.07. The lowest BCUT2D eigenvalue weighted by molar-refractivity contribution is -0.384. The lowest BCUT2D eigenvalue weighted by Crippen LogP contribution is -2.44. The van der Waals surface area contributed by atoms with Gasteiger partial charge in [-0.25, -0.2) is 4.79 Å². The Kier molecular flexibility index (Phi) is 5.12. The minimum Gasteiger partial charge on any atom is -0.478 e. The molecule has 1 aromatic rings. The molecule has 9 nitrogen and oxygen atoms in total. The highest BCUT2D eigenvalue weighted by Gasteiger charge is 2.29. The molecule has 0 spiro atoms. The van der Waals surface area contributed by atoms with Gasteiger partial charge in [0.05, 0.1) is 16.4 Å². The van der Waals surface area contributed by atoms with Gasteiger partial charge in [-0.15, -0.1) is 0 Å². The summed E-state index contributed by atoms with van der Waals surface area (Å²) in [6.45, 7) is 0.612. The summed E-state index contributed by atoms with van der Waals surface area (Å²) in [6.07, 6.45) is 1.28. The van der Waals surface area contributed by atoms with Gasteiger partial charge in [0.15, 0.2) is 0 Å². The van der Waals surface area contributed by atoms with Gasteiger partial charge in [-0.2, -0.15) is 0 Å². The number of hydrogen-bond donors (Lipinski definition) is 2. The number of benzene rings is 1. The van der Waals surface area contributed by atoms with E-state index in [0.29, 0.717) is 19.4 Å². The lowest BCUT2D eigenvalue weighted by Gasteiger charge is -2.31.